The smallest absolute Gasteiger partial charge is 0.242 e. The van der Waals surface area contributed by atoms with Crippen LogP contribution in [0.15, 0.2) is 36.5 Å². The maximum Gasteiger partial charge on any atom is 0.242 e. The molecule has 0 radical (unpaired) electrons. The van der Waals surface area contributed by atoms with Gasteiger partial charge < -0.3 is 16.0 Å². The number of benzene rings is 1. The van der Waals surface area contributed by atoms with Crippen molar-refractivity contribution in [2.24, 2.45) is 17.3 Å². The van der Waals surface area contributed by atoms with E-state index >= 15 is 0 Å². The average molecular weight is 484 g/mol. The topological polar surface area (TPSA) is 87.3 Å². The average Bonchev–Trinajstić information content (AvgIpc) is 3.53. The van der Waals surface area contributed by atoms with Crippen LogP contribution in [0.5, 0.6) is 0 Å². The fraction of sp³-hybridized carbons (Fsp3) is 0.621. The molecule has 2 atom stereocenters. The van der Waals surface area contributed by atoms with E-state index in [1.54, 1.807) is 0 Å². The quantitative estimate of drug-likeness (QED) is 0.344. The number of Topliss-reactive ketones (excluding diaryl/α,β-unsaturated/α-hetero) is 1. The number of nitrogens with one attached hydrogen (secondary N) is 3. The van der Waals surface area contributed by atoms with E-state index in [4.69, 9.17) is 0 Å². The summed E-state index contributed by atoms with van der Waals surface area (Å²) in [6, 6.07) is 7.44. The number of allylic oxidation sites excluding steroid dienone is 1. The van der Waals surface area contributed by atoms with Crippen molar-refractivity contribution in [3.63, 3.8) is 0 Å². The summed E-state index contributed by atoms with van der Waals surface area (Å²) in [4.78, 5) is 38.4. The zero-order valence-corrected chi connectivity index (χ0v) is 22.5. The molecule has 0 aliphatic heterocycles. The van der Waals surface area contributed by atoms with Gasteiger partial charge in [0.1, 0.15) is 6.04 Å². The molecule has 3 N–H and O–H groups in total. The summed E-state index contributed by atoms with van der Waals surface area (Å²) in [5, 5.41) is 8.91. The highest BCUT2D eigenvalue weighted by molar-refractivity contribution is 5.95. The molecular formula is C29H45N3O3. The zero-order chi connectivity index (χ0) is 26.2. The molecule has 1 aromatic rings. The summed E-state index contributed by atoms with van der Waals surface area (Å²) in [6.45, 7) is 16.2. The molecule has 194 valence electrons. The molecule has 1 aliphatic rings. The van der Waals surface area contributed by atoms with Crippen molar-refractivity contribution in [2.75, 3.05) is 6.54 Å². The van der Waals surface area contributed by atoms with Gasteiger partial charge >= 0.3 is 0 Å². The summed E-state index contributed by atoms with van der Waals surface area (Å²) >= 11 is 0. The van der Waals surface area contributed by atoms with Gasteiger partial charge in [-0.25, -0.2) is 0 Å². The van der Waals surface area contributed by atoms with Crippen LogP contribution >= 0.6 is 0 Å². The van der Waals surface area contributed by atoms with Crippen LogP contribution in [0.1, 0.15) is 77.8 Å². The monoisotopic (exact) mass is 483 g/mol. The maximum atomic E-state index is 12.9. The first-order chi connectivity index (χ1) is 16.4. The van der Waals surface area contributed by atoms with Crippen LogP contribution in [0.3, 0.4) is 0 Å². The molecule has 1 fully saturated rings. The van der Waals surface area contributed by atoms with E-state index < -0.39 is 12.1 Å². The van der Waals surface area contributed by atoms with Gasteiger partial charge in [0.05, 0.1) is 12.6 Å². The van der Waals surface area contributed by atoms with Gasteiger partial charge in [-0.3, -0.25) is 14.4 Å². The van der Waals surface area contributed by atoms with E-state index in [2.05, 4.69) is 67.6 Å². The van der Waals surface area contributed by atoms with E-state index in [0.717, 1.165) is 31.4 Å². The molecule has 0 aromatic heterocycles. The molecule has 0 heterocycles. The van der Waals surface area contributed by atoms with Crippen molar-refractivity contribution >= 4 is 17.6 Å². The Bertz CT molecular complexity index is 885. The molecule has 0 bridgehead atoms. The van der Waals surface area contributed by atoms with Crippen molar-refractivity contribution in [3.8, 4) is 0 Å². The van der Waals surface area contributed by atoms with Gasteiger partial charge in [0.15, 0.2) is 5.78 Å². The van der Waals surface area contributed by atoms with Crippen LogP contribution in [-0.2, 0) is 20.8 Å². The zero-order valence-electron chi connectivity index (χ0n) is 22.5. The summed E-state index contributed by atoms with van der Waals surface area (Å²) in [5.41, 5.74) is 2.95. The minimum Gasteiger partial charge on any atom is -0.378 e. The SMILES string of the molecule is C=C(CCc1ccc(C)cc1)N[C@@H](CC(C)C)C(=O)NCC(=O)N[C@@H](CC(C)C)C(=O)C1(C)CC1. The van der Waals surface area contributed by atoms with Gasteiger partial charge in [-0.05, 0) is 62.8 Å². The molecule has 0 saturated heterocycles. The van der Waals surface area contributed by atoms with Crippen LogP contribution < -0.4 is 16.0 Å². The first kappa shape index (κ1) is 28.6. The molecule has 0 unspecified atom stereocenters. The lowest BCUT2D eigenvalue weighted by Gasteiger charge is -2.24. The second kappa shape index (κ2) is 12.9. The van der Waals surface area contributed by atoms with Crippen LogP contribution in [0.4, 0.5) is 0 Å². The summed E-state index contributed by atoms with van der Waals surface area (Å²) in [5.74, 6) is 0.125. The van der Waals surface area contributed by atoms with Gasteiger partial charge in [-0.15, -0.1) is 0 Å². The summed E-state index contributed by atoms with van der Waals surface area (Å²) < 4.78 is 0. The number of rotatable bonds is 15. The molecule has 35 heavy (non-hydrogen) atoms. The second-order valence-corrected chi connectivity index (χ2v) is 11.3. The molecular weight excluding hydrogens is 438 g/mol. The Kier molecular flexibility index (Phi) is 10.5. The molecule has 2 amide bonds. The predicted molar refractivity (Wildman–Crippen MR) is 142 cm³/mol. The van der Waals surface area contributed by atoms with Crippen LogP contribution in [-0.4, -0.2) is 36.2 Å². The fourth-order valence-corrected chi connectivity index (χ4v) is 4.16. The van der Waals surface area contributed by atoms with E-state index in [1.165, 1.54) is 11.1 Å². The first-order valence-corrected chi connectivity index (χ1v) is 13.0. The van der Waals surface area contributed by atoms with E-state index in [-0.39, 0.29) is 35.5 Å². The molecule has 6 heteroatoms. The van der Waals surface area contributed by atoms with Crippen molar-refractivity contribution in [3.05, 3.63) is 47.7 Å². The minimum atomic E-state index is -0.502. The number of hydrogen-bond acceptors (Lipinski definition) is 4. The molecule has 1 aliphatic carbocycles. The van der Waals surface area contributed by atoms with Crippen molar-refractivity contribution in [1.29, 1.82) is 0 Å². The van der Waals surface area contributed by atoms with Gasteiger partial charge in [0.25, 0.3) is 0 Å². The third kappa shape index (κ3) is 9.87. The Hall–Kier alpha value is -2.63. The van der Waals surface area contributed by atoms with Crippen molar-refractivity contribution < 1.29 is 14.4 Å². The highest BCUT2D eigenvalue weighted by Crippen LogP contribution is 2.47. The lowest BCUT2D eigenvalue weighted by Crippen LogP contribution is -2.50. The highest BCUT2D eigenvalue weighted by Gasteiger charge is 2.47. The molecule has 0 spiro atoms. The maximum absolute atomic E-state index is 12.9. The number of aryl methyl sites for hydroxylation is 2. The Morgan fingerprint density at radius 1 is 0.943 bits per heavy atom. The number of carbonyl (C=O) groups is 3. The van der Waals surface area contributed by atoms with Crippen LogP contribution in [0, 0.1) is 24.2 Å². The normalized spacial score (nSPS) is 15.9. The summed E-state index contributed by atoms with van der Waals surface area (Å²) in [6.07, 6.45) is 4.56. The lowest BCUT2D eigenvalue weighted by molar-refractivity contribution is -0.131. The third-order valence-electron chi connectivity index (χ3n) is 6.61. The Morgan fingerprint density at radius 3 is 2.06 bits per heavy atom. The van der Waals surface area contributed by atoms with E-state index in [0.29, 0.717) is 18.8 Å². The lowest BCUT2D eigenvalue weighted by atomic mass is 9.91. The third-order valence-corrected chi connectivity index (χ3v) is 6.61. The van der Waals surface area contributed by atoms with Crippen LogP contribution in [0.2, 0.25) is 0 Å². The molecule has 6 nitrogen and oxygen atoms in total. The minimum absolute atomic E-state index is 0.107. The highest BCUT2D eigenvalue weighted by atomic mass is 16.2. The number of carbonyl (C=O) groups excluding carboxylic acids is 3. The standard InChI is InChI=1S/C29H45N3O3/c1-19(2)16-24(27(34)29(7)14-15-29)32-26(33)18-30-28(35)25(17-20(3)4)31-22(6)10-13-23-11-8-21(5)9-12-23/h8-9,11-12,19-20,24-25,31H,6,10,13-18H2,1-5,7H3,(H,30,35)(H,32,33)/t24-,25-/m0/s1. The Balaban J connectivity index is 1.88. The van der Waals surface area contributed by atoms with E-state index in [9.17, 15) is 14.4 Å². The second-order valence-electron chi connectivity index (χ2n) is 11.3. The van der Waals surface area contributed by atoms with Crippen molar-refractivity contribution in [1.82, 2.24) is 16.0 Å². The van der Waals surface area contributed by atoms with Gasteiger partial charge in [-0.1, -0.05) is 71.0 Å². The summed E-state index contributed by atoms with van der Waals surface area (Å²) in [7, 11) is 0. The largest absolute Gasteiger partial charge is 0.378 e. The van der Waals surface area contributed by atoms with Gasteiger partial charge in [0.2, 0.25) is 11.8 Å². The number of hydrogen-bond donors (Lipinski definition) is 3. The molecule has 1 saturated carbocycles. The van der Waals surface area contributed by atoms with Crippen molar-refractivity contribution in [2.45, 2.75) is 92.2 Å². The predicted octanol–water partition coefficient (Wildman–Crippen LogP) is 4.46. The fourth-order valence-electron chi connectivity index (χ4n) is 4.16. The Labute approximate surface area is 211 Å². The van der Waals surface area contributed by atoms with E-state index in [1.807, 2.05) is 20.8 Å². The van der Waals surface area contributed by atoms with Gasteiger partial charge in [-0.2, -0.15) is 0 Å². The van der Waals surface area contributed by atoms with Gasteiger partial charge in [0, 0.05) is 11.1 Å². The van der Waals surface area contributed by atoms with Crippen LogP contribution in [0.25, 0.3) is 0 Å². The first-order valence-electron chi connectivity index (χ1n) is 13.0. The molecule has 1 aromatic carbocycles. The molecule has 2 rings (SSSR count). The Morgan fingerprint density at radius 2 is 1.51 bits per heavy atom. The number of ketones is 1. The number of amides is 2.